The SMILES string of the molecule is CCn1c(C)cc(=O)n1C1CCCCCC1. The molecule has 1 aromatic rings. The Morgan fingerprint density at radius 2 is 1.88 bits per heavy atom. The fraction of sp³-hybridized carbons (Fsp3) is 0.769. The van der Waals surface area contributed by atoms with Crippen LogP contribution in [0.5, 0.6) is 0 Å². The Labute approximate surface area is 97.1 Å². The second-order valence-corrected chi connectivity index (χ2v) is 4.83. The molecule has 0 unspecified atom stereocenters. The van der Waals surface area contributed by atoms with Gasteiger partial charge in [-0.15, -0.1) is 0 Å². The van der Waals surface area contributed by atoms with Gasteiger partial charge >= 0.3 is 0 Å². The molecule has 0 atom stereocenters. The standard InChI is InChI=1S/C13H22N2O/c1-3-14-11(2)10-13(16)15(14)12-8-6-4-5-7-9-12/h10,12H,3-9H2,1-2H3. The second-order valence-electron chi connectivity index (χ2n) is 4.83. The van der Waals surface area contributed by atoms with Gasteiger partial charge in [-0.1, -0.05) is 25.7 Å². The topological polar surface area (TPSA) is 26.9 Å². The van der Waals surface area contributed by atoms with Crippen molar-refractivity contribution in [2.75, 3.05) is 0 Å². The van der Waals surface area contributed by atoms with Crippen molar-refractivity contribution in [2.45, 2.75) is 65.0 Å². The highest BCUT2D eigenvalue weighted by Gasteiger charge is 2.18. The zero-order chi connectivity index (χ0) is 11.5. The predicted molar refractivity (Wildman–Crippen MR) is 65.8 cm³/mol. The lowest BCUT2D eigenvalue weighted by Gasteiger charge is -2.20. The molecule has 3 nitrogen and oxygen atoms in total. The molecule has 1 fully saturated rings. The average Bonchev–Trinajstić information content (AvgIpc) is 2.48. The van der Waals surface area contributed by atoms with Gasteiger partial charge in [0.05, 0.1) is 6.04 Å². The maximum absolute atomic E-state index is 12.0. The number of rotatable bonds is 2. The highest BCUT2D eigenvalue weighted by molar-refractivity contribution is 5.00. The maximum atomic E-state index is 12.0. The third-order valence-electron chi connectivity index (χ3n) is 3.70. The number of aromatic nitrogens is 2. The zero-order valence-corrected chi connectivity index (χ0v) is 10.4. The van der Waals surface area contributed by atoms with Crippen LogP contribution in [-0.4, -0.2) is 9.36 Å². The first-order valence-electron chi connectivity index (χ1n) is 6.53. The summed E-state index contributed by atoms with van der Waals surface area (Å²) in [6.45, 7) is 5.03. The molecule has 1 aliphatic rings. The van der Waals surface area contributed by atoms with E-state index in [0.29, 0.717) is 6.04 Å². The number of hydrogen-bond donors (Lipinski definition) is 0. The second kappa shape index (κ2) is 4.89. The first-order chi connectivity index (χ1) is 7.74. The Kier molecular flexibility index (Phi) is 3.52. The van der Waals surface area contributed by atoms with E-state index in [4.69, 9.17) is 0 Å². The van der Waals surface area contributed by atoms with Gasteiger partial charge < -0.3 is 0 Å². The maximum Gasteiger partial charge on any atom is 0.267 e. The van der Waals surface area contributed by atoms with E-state index in [2.05, 4.69) is 11.6 Å². The number of aryl methyl sites for hydroxylation is 1. The summed E-state index contributed by atoms with van der Waals surface area (Å²) in [5.74, 6) is 0. The summed E-state index contributed by atoms with van der Waals surface area (Å²) in [4.78, 5) is 12.0. The van der Waals surface area contributed by atoms with E-state index in [1.807, 2.05) is 11.6 Å². The summed E-state index contributed by atoms with van der Waals surface area (Å²) in [6, 6.07) is 2.21. The molecule has 0 spiro atoms. The van der Waals surface area contributed by atoms with E-state index in [1.165, 1.54) is 38.5 Å². The Morgan fingerprint density at radius 3 is 2.44 bits per heavy atom. The molecule has 2 rings (SSSR count). The molecule has 1 saturated carbocycles. The Bertz CT molecular complexity index is 395. The first kappa shape index (κ1) is 11.5. The van der Waals surface area contributed by atoms with Gasteiger partial charge in [0.15, 0.2) is 0 Å². The third kappa shape index (κ3) is 2.08. The number of hydrogen-bond acceptors (Lipinski definition) is 1. The normalized spacial score (nSPS) is 18.6. The van der Waals surface area contributed by atoms with Crippen LogP contribution in [0.2, 0.25) is 0 Å². The van der Waals surface area contributed by atoms with Gasteiger partial charge in [0.25, 0.3) is 5.56 Å². The van der Waals surface area contributed by atoms with E-state index in [9.17, 15) is 4.79 Å². The third-order valence-corrected chi connectivity index (χ3v) is 3.70. The molecular weight excluding hydrogens is 200 g/mol. The van der Waals surface area contributed by atoms with E-state index < -0.39 is 0 Å². The molecule has 1 aromatic heterocycles. The largest absolute Gasteiger partial charge is 0.287 e. The van der Waals surface area contributed by atoms with Crippen LogP contribution in [0.3, 0.4) is 0 Å². The Hall–Kier alpha value is -0.990. The predicted octanol–water partition coefficient (Wildman–Crippen LogP) is 2.87. The van der Waals surface area contributed by atoms with Crippen molar-refractivity contribution >= 4 is 0 Å². The lowest BCUT2D eigenvalue weighted by molar-refractivity contribution is 0.332. The summed E-state index contributed by atoms with van der Waals surface area (Å²) >= 11 is 0. The molecule has 1 heterocycles. The lowest BCUT2D eigenvalue weighted by atomic mass is 10.1. The summed E-state index contributed by atoms with van der Waals surface area (Å²) in [5.41, 5.74) is 1.28. The lowest BCUT2D eigenvalue weighted by Crippen LogP contribution is -2.27. The summed E-state index contributed by atoms with van der Waals surface area (Å²) in [6.07, 6.45) is 7.54. The smallest absolute Gasteiger partial charge is 0.267 e. The zero-order valence-electron chi connectivity index (χ0n) is 10.4. The molecule has 0 N–H and O–H groups in total. The Balaban J connectivity index is 2.33. The molecule has 3 heteroatoms. The Morgan fingerprint density at radius 1 is 1.25 bits per heavy atom. The number of nitrogens with zero attached hydrogens (tertiary/aromatic N) is 2. The van der Waals surface area contributed by atoms with Gasteiger partial charge in [0.2, 0.25) is 0 Å². The molecule has 0 bridgehead atoms. The van der Waals surface area contributed by atoms with Crippen LogP contribution in [-0.2, 0) is 6.54 Å². The van der Waals surface area contributed by atoms with Gasteiger partial charge in [-0.2, -0.15) is 0 Å². The highest BCUT2D eigenvalue weighted by atomic mass is 16.1. The molecule has 1 aliphatic carbocycles. The van der Waals surface area contributed by atoms with E-state index in [-0.39, 0.29) is 5.56 Å². The van der Waals surface area contributed by atoms with Gasteiger partial charge in [0, 0.05) is 18.3 Å². The van der Waals surface area contributed by atoms with Crippen molar-refractivity contribution in [3.8, 4) is 0 Å². The molecule has 0 amide bonds. The van der Waals surface area contributed by atoms with Gasteiger partial charge in [-0.05, 0) is 26.7 Å². The van der Waals surface area contributed by atoms with Crippen LogP contribution < -0.4 is 5.56 Å². The molecule has 0 aliphatic heterocycles. The van der Waals surface area contributed by atoms with Crippen molar-refractivity contribution in [3.05, 3.63) is 22.1 Å². The quantitative estimate of drug-likeness (QED) is 0.707. The van der Waals surface area contributed by atoms with Crippen molar-refractivity contribution in [1.29, 1.82) is 0 Å². The van der Waals surface area contributed by atoms with Crippen molar-refractivity contribution < 1.29 is 0 Å². The van der Waals surface area contributed by atoms with Crippen molar-refractivity contribution in [2.24, 2.45) is 0 Å². The van der Waals surface area contributed by atoms with E-state index in [0.717, 1.165) is 12.2 Å². The van der Waals surface area contributed by atoms with Crippen LogP contribution in [0.25, 0.3) is 0 Å². The van der Waals surface area contributed by atoms with Crippen LogP contribution in [0, 0.1) is 6.92 Å². The molecule has 16 heavy (non-hydrogen) atoms. The van der Waals surface area contributed by atoms with Crippen molar-refractivity contribution in [3.63, 3.8) is 0 Å². The fourth-order valence-corrected chi connectivity index (χ4v) is 2.89. The summed E-state index contributed by atoms with van der Waals surface area (Å²) in [7, 11) is 0. The molecular formula is C13H22N2O. The molecule has 90 valence electrons. The summed E-state index contributed by atoms with van der Waals surface area (Å²) < 4.78 is 4.14. The van der Waals surface area contributed by atoms with Gasteiger partial charge in [-0.3, -0.25) is 9.48 Å². The van der Waals surface area contributed by atoms with Gasteiger partial charge in [0.1, 0.15) is 0 Å². The van der Waals surface area contributed by atoms with Gasteiger partial charge in [-0.25, -0.2) is 4.68 Å². The van der Waals surface area contributed by atoms with Crippen LogP contribution >= 0.6 is 0 Å². The van der Waals surface area contributed by atoms with E-state index in [1.54, 1.807) is 6.07 Å². The monoisotopic (exact) mass is 222 g/mol. The van der Waals surface area contributed by atoms with E-state index >= 15 is 0 Å². The summed E-state index contributed by atoms with van der Waals surface area (Å²) in [5, 5.41) is 0. The minimum atomic E-state index is 0.186. The highest BCUT2D eigenvalue weighted by Crippen LogP contribution is 2.26. The fourth-order valence-electron chi connectivity index (χ4n) is 2.89. The van der Waals surface area contributed by atoms with Crippen molar-refractivity contribution in [1.82, 2.24) is 9.36 Å². The minimum Gasteiger partial charge on any atom is -0.287 e. The van der Waals surface area contributed by atoms with Crippen LogP contribution in [0.4, 0.5) is 0 Å². The first-order valence-corrected chi connectivity index (χ1v) is 6.53. The average molecular weight is 222 g/mol. The molecule has 0 saturated heterocycles. The van der Waals surface area contributed by atoms with Crippen LogP contribution in [0.1, 0.15) is 57.2 Å². The van der Waals surface area contributed by atoms with Crippen LogP contribution in [0.15, 0.2) is 10.9 Å². The molecule has 0 radical (unpaired) electrons. The molecule has 0 aromatic carbocycles. The minimum absolute atomic E-state index is 0.186.